The van der Waals surface area contributed by atoms with Gasteiger partial charge in [-0.1, -0.05) is 0 Å². The quantitative estimate of drug-likeness (QED) is 0.862. The third-order valence-corrected chi connectivity index (χ3v) is 2.84. The van der Waals surface area contributed by atoms with E-state index in [0.29, 0.717) is 12.3 Å². The molecular formula is C14H21FN2O2. The van der Waals surface area contributed by atoms with E-state index in [9.17, 15) is 9.18 Å². The topological polar surface area (TPSA) is 41.6 Å². The molecule has 0 unspecified atom stereocenters. The van der Waals surface area contributed by atoms with E-state index < -0.39 is 5.82 Å². The number of ether oxygens (including phenoxy) is 1. The number of benzene rings is 1. The molecule has 0 aromatic heterocycles. The van der Waals surface area contributed by atoms with Crippen LogP contribution in [0.4, 0.5) is 10.1 Å². The number of nitrogens with one attached hydrogen (secondary N) is 1. The summed E-state index contributed by atoms with van der Waals surface area (Å²) in [7, 11) is 1.74. The van der Waals surface area contributed by atoms with Gasteiger partial charge in [0, 0.05) is 24.8 Å². The summed E-state index contributed by atoms with van der Waals surface area (Å²) in [5, 5.41) is 2.90. The molecule has 0 spiro atoms. The van der Waals surface area contributed by atoms with Gasteiger partial charge in [-0.25, -0.2) is 4.39 Å². The number of hydrogen-bond acceptors (Lipinski definition) is 3. The average molecular weight is 268 g/mol. The van der Waals surface area contributed by atoms with Crippen molar-refractivity contribution in [2.75, 3.05) is 25.5 Å². The van der Waals surface area contributed by atoms with Crippen LogP contribution in [0.5, 0.6) is 5.75 Å². The molecule has 0 saturated heterocycles. The molecule has 0 aliphatic heterocycles. The Morgan fingerprint density at radius 1 is 1.47 bits per heavy atom. The first-order valence-corrected chi connectivity index (χ1v) is 6.37. The molecule has 5 heteroatoms. The third kappa shape index (κ3) is 4.43. The first-order chi connectivity index (χ1) is 8.95. The number of anilines is 1. The number of rotatable bonds is 6. The minimum Gasteiger partial charge on any atom is -0.491 e. The van der Waals surface area contributed by atoms with Crippen molar-refractivity contribution in [3.63, 3.8) is 0 Å². The molecule has 4 nitrogen and oxygen atoms in total. The predicted molar refractivity (Wildman–Crippen MR) is 74.0 cm³/mol. The lowest BCUT2D eigenvalue weighted by Crippen LogP contribution is -2.37. The molecule has 1 N–H and O–H groups in total. The SMILES string of the molecule is CCOc1ccc(NCC(=O)N(C)C(C)C)cc1F. The lowest BCUT2D eigenvalue weighted by atomic mass is 10.2. The molecule has 1 aromatic carbocycles. The van der Waals surface area contributed by atoms with Crippen molar-refractivity contribution in [2.24, 2.45) is 0 Å². The number of hydrogen-bond donors (Lipinski definition) is 1. The Hall–Kier alpha value is -1.78. The number of halogens is 1. The van der Waals surface area contributed by atoms with Gasteiger partial charge in [-0.3, -0.25) is 4.79 Å². The maximum absolute atomic E-state index is 13.6. The molecule has 0 bridgehead atoms. The molecule has 1 amide bonds. The van der Waals surface area contributed by atoms with Gasteiger partial charge < -0.3 is 15.0 Å². The minimum absolute atomic E-state index is 0.0377. The van der Waals surface area contributed by atoms with E-state index in [2.05, 4.69) is 5.32 Å². The van der Waals surface area contributed by atoms with Gasteiger partial charge in [-0.15, -0.1) is 0 Å². The second-order valence-corrected chi connectivity index (χ2v) is 4.53. The number of amides is 1. The fourth-order valence-electron chi connectivity index (χ4n) is 1.47. The Bertz CT molecular complexity index is 435. The maximum atomic E-state index is 13.6. The van der Waals surface area contributed by atoms with Gasteiger partial charge in [-0.2, -0.15) is 0 Å². The van der Waals surface area contributed by atoms with Gasteiger partial charge in [0.15, 0.2) is 11.6 Å². The van der Waals surface area contributed by atoms with Crippen molar-refractivity contribution in [1.29, 1.82) is 0 Å². The van der Waals surface area contributed by atoms with Crippen LogP contribution in [0.25, 0.3) is 0 Å². The third-order valence-electron chi connectivity index (χ3n) is 2.84. The van der Waals surface area contributed by atoms with Crippen molar-refractivity contribution < 1.29 is 13.9 Å². The van der Waals surface area contributed by atoms with Gasteiger partial charge in [0.2, 0.25) is 5.91 Å². The van der Waals surface area contributed by atoms with E-state index in [1.165, 1.54) is 6.07 Å². The fraction of sp³-hybridized carbons (Fsp3) is 0.500. The molecule has 0 radical (unpaired) electrons. The summed E-state index contributed by atoms with van der Waals surface area (Å²) >= 11 is 0. The summed E-state index contributed by atoms with van der Waals surface area (Å²) in [4.78, 5) is 13.4. The van der Waals surface area contributed by atoms with E-state index in [1.807, 2.05) is 13.8 Å². The molecular weight excluding hydrogens is 247 g/mol. The van der Waals surface area contributed by atoms with Crippen molar-refractivity contribution in [1.82, 2.24) is 4.90 Å². The fourth-order valence-corrected chi connectivity index (χ4v) is 1.47. The zero-order valence-electron chi connectivity index (χ0n) is 11.9. The average Bonchev–Trinajstić information content (AvgIpc) is 2.38. The Morgan fingerprint density at radius 3 is 2.68 bits per heavy atom. The second kappa shape index (κ2) is 6.97. The smallest absolute Gasteiger partial charge is 0.241 e. The van der Waals surface area contributed by atoms with E-state index in [0.717, 1.165) is 0 Å². The van der Waals surface area contributed by atoms with Crippen LogP contribution in [0.3, 0.4) is 0 Å². The maximum Gasteiger partial charge on any atom is 0.241 e. The molecule has 0 saturated carbocycles. The molecule has 1 rings (SSSR count). The van der Waals surface area contributed by atoms with E-state index in [4.69, 9.17) is 4.74 Å². The van der Waals surface area contributed by atoms with Crippen molar-refractivity contribution in [2.45, 2.75) is 26.8 Å². The first-order valence-electron chi connectivity index (χ1n) is 6.37. The molecule has 106 valence electrons. The van der Waals surface area contributed by atoms with Crippen LogP contribution < -0.4 is 10.1 Å². The molecule has 0 aliphatic rings. The second-order valence-electron chi connectivity index (χ2n) is 4.53. The van der Waals surface area contributed by atoms with Crippen LogP contribution in [-0.4, -0.2) is 37.0 Å². The van der Waals surface area contributed by atoms with Gasteiger partial charge in [-0.05, 0) is 32.9 Å². The largest absolute Gasteiger partial charge is 0.491 e. The zero-order valence-corrected chi connectivity index (χ0v) is 11.9. The highest BCUT2D eigenvalue weighted by Gasteiger charge is 2.11. The summed E-state index contributed by atoms with van der Waals surface area (Å²) in [5.41, 5.74) is 0.562. The predicted octanol–water partition coefficient (Wildman–Crippen LogP) is 2.50. The van der Waals surface area contributed by atoms with Crippen molar-refractivity contribution >= 4 is 11.6 Å². The molecule has 19 heavy (non-hydrogen) atoms. The van der Waals surface area contributed by atoms with Gasteiger partial charge >= 0.3 is 0 Å². The molecule has 1 aromatic rings. The lowest BCUT2D eigenvalue weighted by molar-refractivity contribution is -0.129. The highest BCUT2D eigenvalue weighted by molar-refractivity contribution is 5.80. The molecule has 0 atom stereocenters. The van der Waals surface area contributed by atoms with Crippen LogP contribution in [0.15, 0.2) is 18.2 Å². The highest BCUT2D eigenvalue weighted by atomic mass is 19.1. The van der Waals surface area contributed by atoms with Crippen LogP contribution >= 0.6 is 0 Å². The van der Waals surface area contributed by atoms with E-state index in [1.54, 1.807) is 31.0 Å². The minimum atomic E-state index is -0.434. The van der Waals surface area contributed by atoms with Crippen LogP contribution in [0, 0.1) is 5.82 Å². The van der Waals surface area contributed by atoms with E-state index >= 15 is 0 Å². The Labute approximate surface area is 113 Å². The highest BCUT2D eigenvalue weighted by Crippen LogP contribution is 2.20. The zero-order chi connectivity index (χ0) is 14.4. The normalized spacial score (nSPS) is 10.4. The van der Waals surface area contributed by atoms with Crippen molar-refractivity contribution in [3.8, 4) is 5.75 Å². The van der Waals surface area contributed by atoms with E-state index in [-0.39, 0.29) is 24.2 Å². The van der Waals surface area contributed by atoms with Gasteiger partial charge in [0.25, 0.3) is 0 Å². The first kappa shape index (κ1) is 15.3. The summed E-state index contributed by atoms with van der Waals surface area (Å²) in [6.07, 6.45) is 0. The summed E-state index contributed by atoms with van der Waals surface area (Å²) in [6.45, 7) is 6.23. The van der Waals surface area contributed by atoms with Gasteiger partial charge in [0.1, 0.15) is 0 Å². The molecule has 0 fully saturated rings. The van der Waals surface area contributed by atoms with Gasteiger partial charge in [0.05, 0.1) is 13.2 Å². The Balaban J connectivity index is 2.59. The number of likely N-dealkylation sites (N-methyl/N-ethyl adjacent to an activating group) is 1. The van der Waals surface area contributed by atoms with Crippen molar-refractivity contribution in [3.05, 3.63) is 24.0 Å². The number of carbonyl (C=O) groups is 1. The van der Waals surface area contributed by atoms with Crippen LogP contribution in [0.1, 0.15) is 20.8 Å². The molecule has 0 aliphatic carbocycles. The monoisotopic (exact) mass is 268 g/mol. The lowest BCUT2D eigenvalue weighted by Gasteiger charge is -2.21. The summed E-state index contributed by atoms with van der Waals surface area (Å²) in [5.74, 6) is -0.250. The van der Waals surface area contributed by atoms with Crippen LogP contribution in [0.2, 0.25) is 0 Å². The Morgan fingerprint density at radius 2 is 2.16 bits per heavy atom. The molecule has 0 heterocycles. The standard InChI is InChI=1S/C14H21FN2O2/c1-5-19-13-7-6-11(8-12(13)15)16-9-14(18)17(4)10(2)3/h6-8,10,16H,5,9H2,1-4H3. The Kier molecular flexibility index (Phi) is 5.60. The summed E-state index contributed by atoms with van der Waals surface area (Å²) in [6, 6.07) is 4.72. The number of carbonyl (C=O) groups excluding carboxylic acids is 1. The summed E-state index contributed by atoms with van der Waals surface area (Å²) < 4.78 is 18.7. The van der Waals surface area contributed by atoms with Crippen LogP contribution in [-0.2, 0) is 4.79 Å². The number of nitrogens with zero attached hydrogens (tertiary/aromatic N) is 1.